The van der Waals surface area contributed by atoms with Crippen LogP contribution in [0.15, 0.2) is 60.9 Å². The number of aryl methyl sites for hydroxylation is 2. The van der Waals surface area contributed by atoms with Crippen molar-refractivity contribution in [2.45, 2.75) is 40.2 Å². The number of rotatable bonds is 2. The number of piperidine rings is 1. The second-order valence-corrected chi connectivity index (χ2v) is 7.69. The molecule has 3 aromatic rings. The molecule has 1 atom stereocenters. The maximum Gasteiger partial charge on any atom is 0.0346 e. The smallest absolute Gasteiger partial charge is 0.0346 e. The number of benzene rings is 2. The summed E-state index contributed by atoms with van der Waals surface area (Å²) in [6.07, 6.45) is 6.48. The lowest BCUT2D eigenvalue weighted by atomic mass is 10.00. The number of likely N-dealkylation sites (tertiary alicyclic amines) is 1. The predicted octanol–water partition coefficient (Wildman–Crippen LogP) is 5.77. The average molecular weight is 347 g/mol. The van der Waals surface area contributed by atoms with E-state index in [4.69, 9.17) is 0 Å². The molecule has 0 radical (unpaired) electrons. The van der Waals surface area contributed by atoms with Crippen molar-refractivity contribution >= 4 is 10.8 Å². The standard InChI is InChI=1S/C14H21N.C10H9N/c1-12-5-7-14(8-6-12)11-15-9-3-4-13(2)10-15;1-8-2-3-10-7-11-5-4-9(10)6-8/h5-8,13H,3-4,9-11H2,1-2H3;2-7H,1H3. The van der Waals surface area contributed by atoms with Gasteiger partial charge in [-0.1, -0.05) is 60.5 Å². The van der Waals surface area contributed by atoms with Gasteiger partial charge in [-0.2, -0.15) is 0 Å². The Kier molecular flexibility index (Phi) is 6.40. The van der Waals surface area contributed by atoms with Gasteiger partial charge in [-0.25, -0.2) is 0 Å². The fraction of sp³-hybridized carbons (Fsp3) is 0.375. The Labute approximate surface area is 157 Å². The van der Waals surface area contributed by atoms with E-state index in [1.165, 1.54) is 53.4 Å². The van der Waals surface area contributed by atoms with Crippen LogP contribution in [0, 0.1) is 19.8 Å². The van der Waals surface area contributed by atoms with Crippen LogP contribution < -0.4 is 0 Å². The van der Waals surface area contributed by atoms with Gasteiger partial charge < -0.3 is 0 Å². The molecule has 0 amide bonds. The second kappa shape index (κ2) is 8.95. The fourth-order valence-electron chi connectivity index (χ4n) is 3.58. The largest absolute Gasteiger partial charge is 0.299 e. The van der Waals surface area contributed by atoms with Gasteiger partial charge >= 0.3 is 0 Å². The first kappa shape index (κ1) is 18.6. The summed E-state index contributed by atoms with van der Waals surface area (Å²) in [7, 11) is 0. The predicted molar refractivity (Wildman–Crippen MR) is 111 cm³/mol. The summed E-state index contributed by atoms with van der Waals surface area (Å²) >= 11 is 0. The average Bonchev–Trinajstić information content (AvgIpc) is 2.64. The number of hydrogen-bond acceptors (Lipinski definition) is 2. The zero-order chi connectivity index (χ0) is 18.4. The molecule has 2 aromatic carbocycles. The van der Waals surface area contributed by atoms with Crippen molar-refractivity contribution in [1.82, 2.24) is 9.88 Å². The van der Waals surface area contributed by atoms with Crippen molar-refractivity contribution in [1.29, 1.82) is 0 Å². The third-order valence-electron chi connectivity index (χ3n) is 5.06. The highest BCUT2D eigenvalue weighted by Gasteiger charge is 2.15. The molecule has 2 nitrogen and oxygen atoms in total. The summed E-state index contributed by atoms with van der Waals surface area (Å²) < 4.78 is 0. The Bertz CT molecular complexity index is 823. The maximum atomic E-state index is 4.04. The number of nitrogens with zero attached hydrogens (tertiary/aromatic N) is 2. The summed E-state index contributed by atoms with van der Waals surface area (Å²) in [6.45, 7) is 10.3. The summed E-state index contributed by atoms with van der Waals surface area (Å²) in [6, 6.07) is 17.3. The van der Waals surface area contributed by atoms with E-state index in [1.54, 1.807) is 0 Å². The van der Waals surface area contributed by atoms with Gasteiger partial charge in [0.1, 0.15) is 0 Å². The first-order valence-electron chi connectivity index (χ1n) is 9.68. The molecule has 0 spiro atoms. The van der Waals surface area contributed by atoms with Crippen LogP contribution in [0.5, 0.6) is 0 Å². The zero-order valence-electron chi connectivity index (χ0n) is 16.3. The minimum Gasteiger partial charge on any atom is -0.299 e. The van der Waals surface area contributed by atoms with E-state index in [0.29, 0.717) is 0 Å². The number of hydrogen-bond donors (Lipinski definition) is 0. The quantitative estimate of drug-likeness (QED) is 0.585. The van der Waals surface area contributed by atoms with E-state index in [0.717, 1.165) is 12.5 Å². The van der Waals surface area contributed by atoms with Gasteiger partial charge in [-0.3, -0.25) is 9.88 Å². The lowest BCUT2D eigenvalue weighted by Gasteiger charge is -2.30. The normalized spacial score (nSPS) is 17.6. The van der Waals surface area contributed by atoms with Gasteiger partial charge in [0.2, 0.25) is 0 Å². The van der Waals surface area contributed by atoms with Gasteiger partial charge in [0.15, 0.2) is 0 Å². The van der Waals surface area contributed by atoms with E-state index in [9.17, 15) is 0 Å². The summed E-state index contributed by atoms with van der Waals surface area (Å²) in [4.78, 5) is 6.62. The summed E-state index contributed by atoms with van der Waals surface area (Å²) in [5.74, 6) is 0.879. The molecule has 1 unspecified atom stereocenters. The van der Waals surface area contributed by atoms with E-state index >= 15 is 0 Å². The highest BCUT2D eigenvalue weighted by molar-refractivity contribution is 5.81. The molecule has 0 bridgehead atoms. The number of aromatic nitrogens is 1. The Morgan fingerprint density at radius 2 is 1.73 bits per heavy atom. The maximum absolute atomic E-state index is 4.04. The van der Waals surface area contributed by atoms with Crippen LogP contribution in [-0.4, -0.2) is 23.0 Å². The molecule has 2 heterocycles. The molecule has 1 fully saturated rings. The minimum absolute atomic E-state index is 0.879. The molecular weight excluding hydrogens is 316 g/mol. The fourth-order valence-corrected chi connectivity index (χ4v) is 3.58. The van der Waals surface area contributed by atoms with Crippen molar-refractivity contribution < 1.29 is 0 Å². The van der Waals surface area contributed by atoms with Crippen molar-refractivity contribution in [2.24, 2.45) is 5.92 Å². The van der Waals surface area contributed by atoms with Crippen molar-refractivity contribution in [2.75, 3.05) is 13.1 Å². The van der Waals surface area contributed by atoms with Crippen LogP contribution >= 0.6 is 0 Å². The Balaban J connectivity index is 0.000000158. The number of fused-ring (bicyclic) bond motifs is 1. The summed E-state index contributed by atoms with van der Waals surface area (Å²) in [5.41, 5.74) is 4.10. The lowest BCUT2D eigenvalue weighted by molar-refractivity contribution is 0.176. The van der Waals surface area contributed by atoms with Gasteiger partial charge in [0.25, 0.3) is 0 Å². The lowest BCUT2D eigenvalue weighted by Crippen LogP contribution is -2.33. The molecule has 4 rings (SSSR count). The molecule has 1 aromatic heterocycles. The van der Waals surface area contributed by atoms with Crippen LogP contribution in [0.4, 0.5) is 0 Å². The van der Waals surface area contributed by atoms with Gasteiger partial charge in [-0.15, -0.1) is 0 Å². The Hall–Kier alpha value is -2.19. The molecule has 136 valence electrons. The molecule has 1 aliphatic rings. The van der Waals surface area contributed by atoms with Crippen molar-refractivity contribution in [3.8, 4) is 0 Å². The molecule has 0 aliphatic carbocycles. The molecule has 1 saturated heterocycles. The van der Waals surface area contributed by atoms with Crippen molar-refractivity contribution in [3.05, 3.63) is 77.6 Å². The highest BCUT2D eigenvalue weighted by Crippen LogP contribution is 2.18. The molecular formula is C24H30N2. The molecule has 2 heteroatoms. The topological polar surface area (TPSA) is 16.1 Å². The van der Waals surface area contributed by atoms with E-state index in [2.05, 4.69) is 73.1 Å². The van der Waals surface area contributed by atoms with E-state index in [1.807, 2.05) is 18.5 Å². The van der Waals surface area contributed by atoms with Gasteiger partial charge in [-0.05, 0) is 56.2 Å². The third kappa shape index (κ3) is 5.40. The third-order valence-corrected chi connectivity index (χ3v) is 5.06. The van der Waals surface area contributed by atoms with Crippen LogP contribution in [0.1, 0.15) is 36.5 Å². The highest BCUT2D eigenvalue weighted by atomic mass is 15.1. The second-order valence-electron chi connectivity index (χ2n) is 7.69. The molecule has 26 heavy (non-hydrogen) atoms. The van der Waals surface area contributed by atoms with Crippen LogP contribution in [0.25, 0.3) is 10.8 Å². The molecule has 0 N–H and O–H groups in total. The monoisotopic (exact) mass is 346 g/mol. The Morgan fingerprint density at radius 3 is 2.50 bits per heavy atom. The van der Waals surface area contributed by atoms with Crippen molar-refractivity contribution in [3.63, 3.8) is 0 Å². The van der Waals surface area contributed by atoms with Gasteiger partial charge in [0.05, 0.1) is 0 Å². The zero-order valence-corrected chi connectivity index (χ0v) is 16.3. The number of pyridine rings is 1. The summed E-state index contributed by atoms with van der Waals surface area (Å²) in [5, 5.41) is 2.47. The first-order valence-corrected chi connectivity index (χ1v) is 9.68. The van der Waals surface area contributed by atoms with Crippen LogP contribution in [-0.2, 0) is 6.54 Å². The SMILES string of the molecule is Cc1ccc(CN2CCCC(C)C2)cc1.Cc1ccc2cnccc2c1. The van der Waals surface area contributed by atoms with Crippen LogP contribution in [0.3, 0.4) is 0 Å². The first-order chi connectivity index (χ1) is 12.6. The minimum atomic E-state index is 0.879. The Morgan fingerprint density at radius 1 is 0.962 bits per heavy atom. The van der Waals surface area contributed by atoms with Crippen LogP contribution in [0.2, 0.25) is 0 Å². The van der Waals surface area contributed by atoms with E-state index in [-0.39, 0.29) is 0 Å². The van der Waals surface area contributed by atoms with E-state index < -0.39 is 0 Å². The molecule has 1 aliphatic heterocycles. The molecule has 0 saturated carbocycles. The van der Waals surface area contributed by atoms with Gasteiger partial charge in [0, 0.05) is 30.9 Å².